The van der Waals surface area contributed by atoms with Crippen molar-refractivity contribution >= 4 is 15.9 Å². The molecule has 2 N–H and O–H groups in total. The lowest BCUT2D eigenvalue weighted by Gasteiger charge is -2.35. The summed E-state index contributed by atoms with van der Waals surface area (Å²) in [4.78, 5) is 2.64. The average molecular weight is 325 g/mol. The molecule has 1 aromatic carbocycles. The van der Waals surface area contributed by atoms with Gasteiger partial charge in [-0.25, -0.2) is 0 Å². The minimum atomic E-state index is 0.475. The normalized spacial score (nSPS) is 25.2. The molecule has 0 saturated carbocycles. The molecule has 0 spiro atoms. The third-order valence-corrected chi connectivity index (χ3v) is 4.87. The number of hydrogen-bond donors (Lipinski definition) is 1. The van der Waals surface area contributed by atoms with Crippen LogP contribution in [0.25, 0.3) is 0 Å². The van der Waals surface area contributed by atoms with E-state index >= 15 is 0 Å². The predicted molar refractivity (Wildman–Crippen MR) is 85.1 cm³/mol. The molecule has 0 radical (unpaired) electrons. The lowest BCUT2D eigenvalue weighted by molar-refractivity contribution is 0.158. The molecular formula is C16H25BrN2. The Balaban J connectivity index is 2.34. The van der Waals surface area contributed by atoms with Gasteiger partial charge in [-0.15, -0.1) is 0 Å². The summed E-state index contributed by atoms with van der Waals surface area (Å²) in [6.07, 6.45) is 5.07. The van der Waals surface area contributed by atoms with Crippen LogP contribution in [0.3, 0.4) is 0 Å². The molecular weight excluding hydrogens is 300 g/mol. The molecule has 106 valence electrons. The van der Waals surface area contributed by atoms with Gasteiger partial charge in [0.05, 0.1) is 0 Å². The molecule has 2 atom stereocenters. The van der Waals surface area contributed by atoms with Crippen LogP contribution >= 0.6 is 15.9 Å². The summed E-state index contributed by atoms with van der Waals surface area (Å²) in [7, 11) is 0. The van der Waals surface area contributed by atoms with Crippen LogP contribution in [-0.4, -0.2) is 24.5 Å². The quantitative estimate of drug-likeness (QED) is 0.908. The summed E-state index contributed by atoms with van der Waals surface area (Å²) < 4.78 is 1.22. The molecule has 1 heterocycles. The maximum Gasteiger partial charge on any atom is 0.0399 e. The molecule has 1 aromatic rings. The maximum absolute atomic E-state index is 6.07. The van der Waals surface area contributed by atoms with Crippen LogP contribution in [0.2, 0.25) is 0 Å². The molecule has 2 nitrogen and oxygen atoms in total. The minimum absolute atomic E-state index is 0.475. The molecule has 3 heteroatoms. The zero-order valence-electron chi connectivity index (χ0n) is 11.8. The van der Waals surface area contributed by atoms with Crippen molar-refractivity contribution in [1.29, 1.82) is 0 Å². The molecule has 1 aliphatic heterocycles. The van der Waals surface area contributed by atoms with E-state index < -0.39 is 0 Å². The molecule has 0 aliphatic carbocycles. The summed E-state index contributed by atoms with van der Waals surface area (Å²) in [6, 6.07) is 9.11. The van der Waals surface area contributed by atoms with Gasteiger partial charge in [-0.1, -0.05) is 47.5 Å². The van der Waals surface area contributed by atoms with Gasteiger partial charge in [0.25, 0.3) is 0 Å². The van der Waals surface area contributed by atoms with Crippen LogP contribution in [0.5, 0.6) is 0 Å². The van der Waals surface area contributed by atoms with Gasteiger partial charge >= 0.3 is 0 Å². The van der Waals surface area contributed by atoms with Crippen molar-refractivity contribution in [2.24, 2.45) is 11.7 Å². The zero-order valence-corrected chi connectivity index (χ0v) is 13.4. The van der Waals surface area contributed by atoms with E-state index in [1.165, 1.54) is 48.8 Å². The zero-order chi connectivity index (χ0) is 13.7. The van der Waals surface area contributed by atoms with Crippen LogP contribution in [0.1, 0.15) is 44.2 Å². The van der Waals surface area contributed by atoms with E-state index in [0.717, 1.165) is 6.54 Å². The lowest BCUT2D eigenvalue weighted by Crippen LogP contribution is -2.36. The molecule has 2 rings (SSSR count). The summed E-state index contributed by atoms with van der Waals surface area (Å²) in [5.74, 6) is 0.577. The number of nitrogens with two attached hydrogens (primary N) is 1. The highest BCUT2D eigenvalue weighted by atomic mass is 79.9. The van der Waals surface area contributed by atoms with Gasteiger partial charge in [-0.3, -0.25) is 4.90 Å². The first kappa shape index (κ1) is 15.0. The molecule has 0 amide bonds. The van der Waals surface area contributed by atoms with Crippen LogP contribution in [0.4, 0.5) is 0 Å². The van der Waals surface area contributed by atoms with Crippen LogP contribution in [-0.2, 0) is 0 Å². The number of likely N-dealkylation sites (tertiary alicyclic amines) is 1. The van der Waals surface area contributed by atoms with Gasteiger partial charge in [-0.2, -0.15) is 0 Å². The van der Waals surface area contributed by atoms with E-state index in [0.29, 0.717) is 12.0 Å². The first-order valence-corrected chi connectivity index (χ1v) is 8.25. The highest BCUT2D eigenvalue weighted by molar-refractivity contribution is 9.10. The standard InChI is InChI=1S/C16H25BrN2/c1-2-10-19-11-6-5-7-13(12-18)16(19)14-8-3-4-9-15(14)17/h3-4,8-9,13,16H,2,5-7,10-12,18H2,1H3. The third kappa shape index (κ3) is 3.59. The van der Waals surface area contributed by atoms with Crippen LogP contribution in [0, 0.1) is 5.92 Å². The average Bonchev–Trinajstić information content (AvgIpc) is 2.62. The molecule has 1 fully saturated rings. The first-order valence-electron chi connectivity index (χ1n) is 7.46. The number of benzene rings is 1. The van der Waals surface area contributed by atoms with E-state index in [1.807, 2.05) is 0 Å². The Morgan fingerprint density at radius 1 is 1.32 bits per heavy atom. The summed E-state index contributed by atoms with van der Waals surface area (Å²) in [5, 5.41) is 0. The fourth-order valence-corrected chi connectivity index (χ4v) is 3.79. The Morgan fingerprint density at radius 3 is 2.79 bits per heavy atom. The summed E-state index contributed by atoms with van der Waals surface area (Å²) >= 11 is 3.73. The number of nitrogens with zero attached hydrogens (tertiary/aromatic N) is 1. The van der Waals surface area contributed by atoms with Crippen molar-refractivity contribution < 1.29 is 0 Å². The van der Waals surface area contributed by atoms with Crippen molar-refractivity contribution in [3.63, 3.8) is 0 Å². The smallest absolute Gasteiger partial charge is 0.0399 e. The minimum Gasteiger partial charge on any atom is -0.330 e. The van der Waals surface area contributed by atoms with Crippen molar-refractivity contribution in [1.82, 2.24) is 4.90 Å². The van der Waals surface area contributed by atoms with Crippen molar-refractivity contribution in [3.05, 3.63) is 34.3 Å². The Morgan fingerprint density at radius 2 is 2.11 bits per heavy atom. The molecule has 0 aromatic heterocycles. The number of rotatable bonds is 4. The van der Waals surface area contributed by atoms with Gasteiger partial charge in [0.1, 0.15) is 0 Å². The van der Waals surface area contributed by atoms with Crippen molar-refractivity contribution in [2.75, 3.05) is 19.6 Å². The third-order valence-electron chi connectivity index (χ3n) is 4.15. The molecule has 1 aliphatic rings. The Bertz CT molecular complexity index is 394. The largest absolute Gasteiger partial charge is 0.330 e. The topological polar surface area (TPSA) is 29.3 Å². The predicted octanol–water partition coefficient (Wildman–Crippen LogP) is 3.96. The van der Waals surface area contributed by atoms with Gasteiger partial charge in [0, 0.05) is 10.5 Å². The molecule has 0 bridgehead atoms. The second-order valence-corrected chi connectivity index (χ2v) is 6.35. The molecule has 2 unspecified atom stereocenters. The number of halogens is 1. The first-order chi connectivity index (χ1) is 9.27. The fraction of sp³-hybridized carbons (Fsp3) is 0.625. The van der Waals surface area contributed by atoms with E-state index in [-0.39, 0.29) is 0 Å². The highest BCUT2D eigenvalue weighted by Crippen LogP contribution is 2.37. The highest BCUT2D eigenvalue weighted by Gasteiger charge is 2.30. The lowest BCUT2D eigenvalue weighted by atomic mass is 9.89. The van der Waals surface area contributed by atoms with Gasteiger partial charge in [0.2, 0.25) is 0 Å². The summed E-state index contributed by atoms with van der Waals surface area (Å²) in [5.41, 5.74) is 7.48. The SMILES string of the molecule is CCCN1CCCCC(CN)C1c1ccccc1Br. The summed E-state index contributed by atoms with van der Waals surface area (Å²) in [6.45, 7) is 5.42. The maximum atomic E-state index is 6.07. The van der Waals surface area contributed by atoms with E-state index in [9.17, 15) is 0 Å². The van der Waals surface area contributed by atoms with Gasteiger partial charge < -0.3 is 5.73 Å². The van der Waals surface area contributed by atoms with Crippen LogP contribution < -0.4 is 5.73 Å². The van der Waals surface area contributed by atoms with Crippen molar-refractivity contribution in [3.8, 4) is 0 Å². The fourth-order valence-electron chi connectivity index (χ4n) is 3.27. The molecule has 1 saturated heterocycles. The number of hydrogen-bond acceptors (Lipinski definition) is 2. The van der Waals surface area contributed by atoms with Crippen LogP contribution in [0.15, 0.2) is 28.7 Å². The Labute approximate surface area is 125 Å². The second-order valence-electron chi connectivity index (χ2n) is 5.49. The van der Waals surface area contributed by atoms with Crippen molar-refractivity contribution in [2.45, 2.75) is 38.6 Å². The van der Waals surface area contributed by atoms with Gasteiger partial charge in [0.15, 0.2) is 0 Å². The second kappa shape index (κ2) is 7.41. The van der Waals surface area contributed by atoms with Gasteiger partial charge in [-0.05, 0) is 56.4 Å². The van der Waals surface area contributed by atoms with E-state index in [1.54, 1.807) is 0 Å². The monoisotopic (exact) mass is 324 g/mol. The molecule has 19 heavy (non-hydrogen) atoms. The van der Waals surface area contributed by atoms with E-state index in [2.05, 4.69) is 52.0 Å². The Kier molecular flexibility index (Phi) is 5.86. The Hall–Kier alpha value is -0.380. The van der Waals surface area contributed by atoms with E-state index in [4.69, 9.17) is 5.73 Å².